The number of halogens is 6. The van der Waals surface area contributed by atoms with Crippen molar-refractivity contribution in [3.8, 4) is 22.4 Å². The summed E-state index contributed by atoms with van der Waals surface area (Å²) in [4.78, 5) is 4.42. The van der Waals surface area contributed by atoms with Gasteiger partial charge >= 0.3 is 0 Å². The van der Waals surface area contributed by atoms with Crippen LogP contribution < -0.4 is 0 Å². The van der Waals surface area contributed by atoms with Crippen molar-refractivity contribution in [1.82, 2.24) is 4.98 Å². The van der Waals surface area contributed by atoms with E-state index in [9.17, 15) is 5.11 Å². The maximum atomic E-state index is 9.84. The predicted molar refractivity (Wildman–Crippen MR) is 111 cm³/mol. The van der Waals surface area contributed by atoms with E-state index in [1.54, 1.807) is 36.5 Å². The Kier molecular flexibility index (Phi) is 6.25. The zero-order valence-electron chi connectivity index (χ0n) is 12.8. The largest absolute Gasteiger partial charge is 0.392 e. The normalized spacial score (nSPS) is 11.0. The van der Waals surface area contributed by atoms with Crippen molar-refractivity contribution in [2.45, 2.75) is 6.61 Å². The summed E-state index contributed by atoms with van der Waals surface area (Å²) in [6, 6.07) is 8.10. The smallest absolute Gasteiger partial charge is 0.0722 e. The van der Waals surface area contributed by atoms with Gasteiger partial charge in [0.1, 0.15) is 0 Å². The van der Waals surface area contributed by atoms with Crippen LogP contribution in [0.5, 0.6) is 0 Å². The van der Waals surface area contributed by atoms with Crippen molar-refractivity contribution in [3.05, 3.63) is 72.2 Å². The Morgan fingerprint density at radius 1 is 0.692 bits per heavy atom. The Hall–Kier alpha value is -0.710. The molecule has 3 rings (SSSR count). The highest BCUT2D eigenvalue weighted by Gasteiger charge is 2.16. The number of pyridine rings is 1. The summed E-state index contributed by atoms with van der Waals surface area (Å²) < 4.78 is 0. The molecule has 134 valence electrons. The minimum atomic E-state index is -0.253. The lowest BCUT2D eigenvalue weighted by Gasteiger charge is -2.13. The molecule has 0 fully saturated rings. The number of benzene rings is 2. The zero-order valence-corrected chi connectivity index (χ0v) is 17.4. The van der Waals surface area contributed by atoms with Crippen LogP contribution in [0, 0.1) is 0 Å². The highest BCUT2D eigenvalue weighted by molar-refractivity contribution is 6.45. The maximum absolute atomic E-state index is 9.84. The number of nitrogens with zero attached hydrogens (tertiary/aromatic N) is 1. The maximum Gasteiger partial charge on any atom is 0.0722 e. The fraction of sp³-hybridized carbons (Fsp3) is 0.0556. The Labute approximate surface area is 180 Å². The average Bonchev–Trinajstić information content (AvgIpc) is 2.60. The topological polar surface area (TPSA) is 33.1 Å². The minimum absolute atomic E-state index is 0.253. The minimum Gasteiger partial charge on any atom is -0.392 e. The molecule has 0 aliphatic heterocycles. The molecular weight excluding hydrogens is 459 g/mol. The van der Waals surface area contributed by atoms with E-state index in [0.717, 1.165) is 0 Å². The van der Waals surface area contributed by atoms with Crippen LogP contribution in [0.25, 0.3) is 22.4 Å². The van der Waals surface area contributed by atoms with Crippen LogP contribution in [0.2, 0.25) is 30.1 Å². The van der Waals surface area contributed by atoms with Crippen LogP contribution in [0.4, 0.5) is 0 Å². The number of aromatic nitrogens is 1. The van der Waals surface area contributed by atoms with Gasteiger partial charge in [0.2, 0.25) is 0 Å². The van der Waals surface area contributed by atoms with Gasteiger partial charge in [-0.05, 0) is 35.9 Å². The highest BCUT2D eigenvalue weighted by atomic mass is 35.5. The van der Waals surface area contributed by atoms with Crippen LogP contribution >= 0.6 is 69.6 Å². The van der Waals surface area contributed by atoms with Gasteiger partial charge in [-0.2, -0.15) is 0 Å². The van der Waals surface area contributed by atoms with E-state index in [1.807, 2.05) is 0 Å². The molecule has 8 heteroatoms. The fourth-order valence-electron chi connectivity index (χ4n) is 2.51. The number of hydrogen-bond donors (Lipinski definition) is 1. The van der Waals surface area contributed by atoms with Gasteiger partial charge in [0.05, 0.1) is 32.4 Å². The van der Waals surface area contributed by atoms with Crippen LogP contribution in [0.1, 0.15) is 5.56 Å². The van der Waals surface area contributed by atoms with Crippen LogP contribution in [0.15, 0.2) is 36.5 Å². The lowest BCUT2D eigenvalue weighted by Crippen LogP contribution is -1.95. The third-order valence-electron chi connectivity index (χ3n) is 3.71. The molecule has 2 aromatic carbocycles. The molecule has 0 saturated heterocycles. The van der Waals surface area contributed by atoms with Crippen molar-refractivity contribution in [3.63, 3.8) is 0 Å². The van der Waals surface area contributed by atoms with E-state index in [-0.39, 0.29) is 6.61 Å². The fourth-order valence-corrected chi connectivity index (χ4v) is 3.92. The summed E-state index contributed by atoms with van der Waals surface area (Å²) in [7, 11) is 0. The quantitative estimate of drug-likeness (QED) is 0.398. The molecule has 0 aliphatic carbocycles. The van der Waals surface area contributed by atoms with E-state index in [0.29, 0.717) is 58.1 Å². The second-order valence-corrected chi connectivity index (χ2v) is 7.83. The van der Waals surface area contributed by atoms with Gasteiger partial charge in [0, 0.05) is 32.9 Å². The molecule has 2 nitrogen and oxygen atoms in total. The summed E-state index contributed by atoms with van der Waals surface area (Å²) in [5, 5.41) is 12.0. The van der Waals surface area contributed by atoms with E-state index < -0.39 is 0 Å². The van der Waals surface area contributed by atoms with Crippen LogP contribution in [-0.4, -0.2) is 10.1 Å². The van der Waals surface area contributed by atoms with Crippen molar-refractivity contribution < 1.29 is 5.11 Å². The molecule has 0 bridgehead atoms. The monoisotopic (exact) mass is 465 g/mol. The predicted octanol–water partition coefficient (Wildman–Crippen LogP) is 7.83. The average molecular weight is 468 g/mol. The number of aliphatic hydroxyl groups excluding tert-OH is 1. The lowest BCUT2D eigenvalue weighted by atomic mass is 10.00. The molecule has 3 aromatic rings. The molecule has 0 amide bonds. The molecule has 1 aromatic heterocycles. The summed E-state index contributed by atoms with van der Waals surface area (Å²) in [5.41, 5.74) is 2.82. The second-order valence-electron chi connectivity index (χ2n) is 5.38. The highest BCUT2D eigenvalue weighted by Crippen LogP contribution is 2.40. The molecule has 26 heavy (non-hydrogen) atoms. The summed E-state index contributed by atoms with van der Waals surface area (Å²) >= 11 is 36.9. The Morgan fingerprint density at radius 3 is 1.81 bits per heavy atom. The molecule has 1 N–H and O–H groups in total. The second kappa shape index (κ2) is 8.12. The van der Waals surface area contributed by atoms with E-state index in [4.69, 9.17) is 69.6 Å². The third kappa shape index (κ3) is 3.93. The van der Waals surface area contributed by atoms with Crippen LogP contribution in [-0.2, 0) is 6.61 Å². The van der Waals surface area contributed by atoms with Crippen molar-refractivity contribution >= 4 is 69.6 Å². The molecular formula is C18H9Cl6NO. The molecule has 0 unspecified atom stereocenters. The van der Waals surface area contributed by atoms with Gasteiger partial charge in [-0.3, -0.25) is 4.98 Å². The number of aliphatic hydroxyl groups is 1. The molecule has 0 radical (unpaired) electrons. The van der Waals surface area contributed by atoms with Gasteiger partial charge in [0.25, 0.3) is 0 Å². The van der Waals surface area contributed by atoms with Crippen molar-refractivity contribution in [2.24, 2.45) is 0 Å². The lowest BCUT2D eigenvalue weighted by molar-refractivity contribution is 0.282. The van der Waals surface area contributed by atoms with E-state index >= 15 is 0 Å². The molecule has 0 atom stereocenters. The zero-order chi connectivity index (χ0) is 19.0. The summed E-state index contributed by atoms with van der Waals surface area (Å²) in [6.07, 6.45) is 1.57. The first-order valence-electron chi connectivity index (χ1n) is 7.21. The van der Waals surface area contributed by atoms with Gasteiger partial charge in [-0.1, -0.05) is 69.6 Å². The van der Waals surface area contributed by atoms with E-state index in [1.165, 1.54) is 0 Å². The SMILES string of the molecule is OCc1cc(-c2cc(Cl)cc(Cl)c2Cl)ncc1-c1cc(Cl)cc(Cl)c1Cl. The van der Waals surface area contributed by atoms with Gasteiger partial charge in [-0.25, -0.2) is 0 Å². The van der Waals surface area contributed by atoms with Gasteiger partial charge < -0.3 is 5.11 Å². The molecule has 0 saturated carbocycles. The number of rotatable bonds is 3. The third-order valence-corrected chi connectivity index (χ3v) is 5.75. The van der Waals surface area contributed by atoms with Crippen molar-refractivity contribution in [2.75, 3.05) is 0 Å². The molecule has 1 heterocycles. The first kappa shape index (κ1) is 20.0. The first-order chi connectivity index (χ1) is 12.3. The number of hydrogen-bond acceptors (Lipinski definition) is 2. The molecule has 0 spiro atoms. The first-order valence-corrected chi connectivity index (χ1v) is 9.48. The summed E-state index contributed by atoms with van der Waals surface area (Å²) in [5.74, 6) is 0. The van der Waals surface area contributed by atoms with E-state index in [2.05, 4.69) is 4.98 Å². The van der Waals surface area contributed by atoms with Gasteiger partial charge in [-0.15, -0.1) is 0 Å². The van der Waals surface area contributed by atoms with Crippen molar-refractivity contribution in [1.29, 1.82) is 0 Å². The standard InChI is InChI=1S/C18H9Cl6NO/c19-9-2-11(17(23)14(21)4-9)13-6-25-16(1-8(13)7-26)12-3-10(20)5-15(22)18(12)24/h1-6,26H,7H2. The molecule has 0 aliphatic rings. The summed E-state index contributed by atoms with van der Waals surface area (Å²) in [6.45, 7) is -0.253. The Morgan fingerprint density at radius 2 is 1.23 bits per heavy atom. The Balaban J connectivity index is 2.19. The Bertz CT molecular complexity index is 1010. The van der Waals surface area contributed by atoms with Crippen LogP contribution in [0.3, 0.4) is 0 Å². The van der Waals surface area contributed by atoms with Gasteiger partial charge in [0.15, 0.2) is 0 Å².